The number of benzene rings is 1. The Labute approximate surface area is 159 Å². The van der Waals surface area contributed by atoms with Gasteiger partial charge in [-0.2, -0.15) is 0 Å². The van der Waals surface area contributed by atoms with Crippen LogP contribution in [0.5, 0.6) is 5.75 Å². The van der Waals surface area contributed by atoms with Crippen LogP contribution in [0.1, 0.15) is 56.1 Å². The summed E-state index contributed by atoms with van der Waals surface area (Å²) in [6, 6.07) is 2.23. The van der Waals surface area contributed by atoms with Gasteiger partial charge >= 0.3 is 0 Å². The third-order valence-corrected chi connectivity index (χ3v) is 8.83. The van der Waals surface area contributed by atoms with Crippen molar-refractivity contribution in [2.24, 2.45) is 17.3 Å². The highest BCUT2D eigenvalue weighted by molar-refractivity contribution is 14.1. The zero-order chi connectivity index (χ0) is 15.6. The van der Waals surface area contributed by atoms with Crippen LogP contribution in [-0.2, 0) is 6.42 Å². The smallest absolute Gasteiger partial charge is 0.142 e. The van der Waals surface area contributed by atoms with E-state index >= 15 is 0 Å². The number of hydrogen-bond acceptors (Lipinski definition) is 2. The average molecular weight is 524 g/mol. The van der Waals surface area contributed by atoms with Crippen LogP contribution in [0.3, 0.4) is 0 Å². The molecule has 2 saturated carbocycles. The van der Waals surface area contributed by atoms with Crippen LogP contribution in [0.25, 0.3) is 0 Å². The number of aliphatic hydroxyl groups excluding tert-OH is 1. The molecule has 2 fully saturated rings. The highest BCUT2D eigenvalue weighted by Gasteiger charge is 2.54. The zero-order valence-corrected chi connectivity index (χ0v) is 17.1. The fourth-order valence-electron chi connectivity index (χ4n) is 5.61. The molecule has 1 unspecified atom stereocenters. The lowest BCUT2D eigenvalue weighted by atomic mass is 9.55. The topological polar surface area (TPSA) is 40.5 Å². The highest BCUT2D eigenvalue weighted by Crippen LogP contribution is 2.61. The fourth-order valence-corrected chi connectivity index (χ4v) is 7.60. The molecule has 4 rings (SSSR count). The SMILES string of the molecule is C[C@]12CC[C@@H]3c4cc(I)c(O)c(I)c4CC[C@H]3[C@@H]1CCC2O. The molecule has 0 aliphatic heterocycles. The van der Waals surface area contributed by atoms with E-state index in [1.54, 1.807) is 0 Å². The number of fused-ring (bicyclic) bond motifs is 5. The number of phenols is 1. The monoisotopic (exact) mass is 524 g/mol. The predicted molar refractivity (Wildman–Crippen MR) is 104 cm³/mol. The van der Waals surface area contributed by atoms with Gasteiger partial charge in [-0.3, -0.25) is 0 Å². The Morgan fingerprint density at radius 2 is 1.95 bits per heavy atom. The predicted octanol–water partition coefficient (Wildman–Crippen LogP) is 4.82. The van der Waals surface area contributed by atoms with Crippen molar-refractivity contribution in [2.75, 3.05) is 0 Å². The van der Waals surface area contributed by atoms with Gasteiger partial charge in [-0.25, -0.2) is 0 Å². The Morgan fingerprint density at radius 1 is 1.18 bits per heavy atom. The third kappa shape index (κ3) is 2.11. The Kier molecular flexibility index (Phi) is 3.97. The largest absolute Gasteiger partial charge is 0.506 e. The summed E-state index contributed by atoms with van der Waals surface area (Å²) in [7, 11) is 0. The van der Waals surface area contributed by atoms with E-state index in [-0.39, 0.29) is 11.5 Å². The second-order valence-electron chi connectivity index (χ2n) is 7.64. The second-order valence-corrected chi connectivity index (χ2v) is 9.88. The first-order valence-corrected chi connectivity index (χ1v) is 10.5. The lowest BCUT2D eigenvalue weighted by Crippen LogP contribution is -2.44. The number of halogens is 2. The van der Waals surface area contributed by atoms with E-state index in [1.807, 2.05) is 0 Å². The summed E-state index contributed by atoms with van der Waals surface area (Å²) in [6.07, 6.45) is 6.73. The lowest BCUT2D eigenvalue weighted by molar-refractivity contribution is -0.0226. The summed E-state index contributed by atoms with van der Waals surface area (Å²) < 4.78 is 2.05. The van der Waals surface area contributed by atoms with Crippen molar-refractivity contribution in [3.05, 3.63) is 24.3 Å². The Balaban J connectivity index is 1.76. The van der Waals surface area contributed by atoms with Crippen molar-refractivity contribution in [3.8, 4) is 5.75 Å². The maximum atomic E-state index is 10.5. The van der Waals surface area contributed by atoms with Crippen LogP contribution in [0.4, 0.5) is 0 Å². The Hall–Kier alpha value is 0.440. The maximum absolute atomic E-state index is 10.5. The number of aliphatic hydroxyl groups is 1. The summed E-state index contributed by atoms with van der Waals surface area (Å²) in [4.78, 5) is 0. The van der Waals surface area contributed by atoms with E-state index in [1.165, 1.54) is 30.4 Å². The minimum atomic E-state index is -0.0973. The minimum absolute atomic E-state index is 0.0973. The van der Waals surface area contributed by atoms with Crippen LogP contribution < -0.4 is 0 Å². The molecule has 2 N–H and O–H groups in total. The van der Waals surface area contributed by atoms with E-state index in [0.717, 1.165) is 32.3 Å². The van der Waals surface area contributed by atoms with Gasteiger partial charge in [0, 0.05) is 0 Å². The molecule has 4 heteroatoms. The molecule has 0 saturated heterocycles. The molecule has 22 heavy (non-hydrogen) atoms. The lowest BCUT2D eigenvalue weighted by Gasteiger charge is -2.50. The van der Waals surface area contributed by atoms with E-state index in [0.29, 0.717) is 17.6 Å². The van der Waals surface area contributed by atoms with Gasteiger partial charge in [-0.1, -0.05) is 6.92 Å². The van der Waals surface area contributed by atoms with Crippen molar-refractivity contribution < 1.29 is 10.2 Å². The van der Waals surface area contributed by atoms with Gasteiger partial charge in [0.1, 0.15) is 5.75 Å². The van der Waals surface area contributed by atoms with Gasteiger partial charge in [0.05, 0.1) is 13.2 Å². The van der Waals surface area contributed by atoms with Gasteiger partial charge in [0.25, 0.3) is 0 Å². The molecule has 120 valence electrons. The number of rotatable bonds is 0. The van der Waals surface area contributed by atoms with Crippen LogP contribution in [0.15, 0.2) is 6.07 Å². The summed E-state index contributed by atoms with van der Waals surface area (Å²) >= 11 is 4.58. The first kappa shape index (κ1) is 15.9. The summed E-state index contributed by atoms with van der Waals surface area (Å²) in [6.45, 7) is 2.32. The van der Waals surface area contributed by atoms with E-state index < -0.39 is 0 Å². The van der Waals surface area contributed by atoms with Crippen molar-refractivity contribution in [2.45, 2.75) is 57.5 Å². The molecule has 0 bridgehead atoms. The normalized spacial score (nSPS) is 40.0. The molecule has 3 aliphatic rings. The summed E-state index contributed by atoms with van der Waals surface area (Å²) in [5, 5.41) is 20.7. The first-order chi connectivity index (χ1) is 10.4. The molecule has 2 nitrogen and oxygen atoms in total. The van der Waals surface area contributed by atoms with E-state index in [2.05, 4.69) is 58.2 Å². The standard InChI is InChI=1S/C18H22I2O2/c1-18-7-6-9-10(13(18)4-5-15(18)21)2-3-11-12(9)8-14(19)17(22)16(11)20/h8-10,13,15,21-22H,2-7H2,1H3/t9-,10+,13-,15?,18-/m0/s1. The molecule has 1 aromatic rings. The number of phenolic OH excluding ortho intramolecular Hbond substituents is 1. The molecule has 0 heterocycles. The Morgan fingerprint density at radius 3 is 2.73 bits per heavy atom. The maximum Gasteiger partial charge on any atom is 0.142 e. The van der Waals surface area contributed by atoms with Crippen molar-refractivity contribution in [1.82, 2.24) is 0 Å². The zero-order valence-electron chi connectivity index (χ0n) is 12.8. The van der Waals surface area contributed by atoms with Crippen LogP contribution in [-0.4, -0.2) is 16.3 Å². The fraction of sp³-hybridized carbons (Fsp3) is 0.667. The molecular weight excluding hydrogens is 502 g/mol. The van der Waals surface area contributed by atoms with Crippen LogP contribution in [0.2, 0.25) is 0 Å². The van der Waals surface area contributed by atoms with Crippen molar-refractivity contribution >= 4 is 45.2 Å². The second kappa shape index (κ2) is 5.48. The van der Waals surface area contributed by atoms with E-state index in [4.69, 9.17) is 0 Å². The van der Waals surface area contributed by atoms with Gasteiger partial charge in [0.15, 0.2) is 0 Å². The highest BCUT2D eigenvalue weighted by atomic mass is 127. The summed E-state index contributed by atoms with van der Waals surface area (Å²) in [5.74, 6) is 2.50. The van der Waals surface area contributed by atoms with Gasteiger partial charge in [-0.15, -0.1) is 0 Å². The average Bonchev–Trinajstić information content (AvgIpc) is 2.80. The van der Waals surface area contributed by atoms with E-state index in [9.17, 15) is 10.2 Å². The third-order valence-electron chi connectivity index (χ3n) is 6.84. The molecular formula is C18H22I2O2. The Bertz CT molecular complexity index is 630. The number of hydrogen-bond donors (Lipinski definition) is 2. The minimum Gasteiger partial charge on any atom is -0.506 e. The quantitative estimate of drug-likeness (QED) is 0.479. The molecule has 1 aromatic carbocycles. The molecule has 5 atom stereocenters. The van der Waals surface area contributed by atoms with Crippen LogP contribution in [0, 0.1) is 24.4 Å². The first-order valence-electron chi connectivity index (χ1n) is 8.31. The van der Waals surface area contributed by atoms with Gasteiger partial charge < -0.3 is 10.2 Å². The molecule has 0 aromatic heterocycles. The number of aromatic hydroxyl groups is 1. The summed E-state index contributed by atoms with van der Waals surface area (Å²) in [5.41, 5.74) is 3.03. The van der Waals surface area contributed by atoms with Crippen molar-refractivity contribution in [1.29, 1.82) is 0 Å². The van der Waals surface area contributed by atoms with Crippen molar-refractivity contribution in [3.63, 3.8) is 0 Å². The van der Waals surface area contributed by atoms with Gasteiger partial charge in [-0.05, 0) is 124 Å². The van der Waals surface area contributed by atoms with Crippen LogP contribution >= 0.6 is 45.2 Å². The molecule has 0 amide bonds. The van der Waals surface area contributed by atoms with Gasteiger partial charge in [0.2, 0.25) is 0 Å². The molecule has 0 radical (unpaired) electrons. The molecule has 3 aliphatic carbocycles. The molecule has 0 spiro atoms.